The van der Waals surface area contributed by atoms with Crippen LogP contribution < -0.4 is 4.74 Å². The zero-order chi connectivity index (χ0) is 23.4. The Kier molecular flexibility index (Phi) is 6.55. The first-order valence-corrected chi connectivity index (χ1v) is 12.2. The van der Waals surface area contributed by atoms with Crippen LogP contribution in [0.1, 0.15) is 36.2 Å². The van der Waals surface area contributed by atoms with Gasteiger partial charge in [-0.05, 0) is 60.4 Å². The number of carbonyl (C=O) groups is 1. The number of H-pyrrole nitrogens is 1. The molecule has 0 radical (unpaired) electrons. The molecule has 33 heavy (non-hydrogen) atoms. The van der Waals surface area contributed by atoms with Gasteiger partial charge in [0, 0.05) is 23.6 Å². The predicted molar refractivity (Wildman–Crippen MR) is 125 cm³/mol. The van der Waals surface area contributed by atoms with Crippen LogP contribution in [0.25, 0.3) is 11.0 Å². The summed E-state index contributed by atoms with van der Waals surface area (Å²) < 4.78 is 31.5. The third kappa shape index (κ3) is 5.28. The predicted octanol–water partition coefficient (Wildman–Crippen LogP) is 4.64. The molecule has 0 unspecified atom stereocenters. The van der Waals surface area contributed by atoms with Crippen molar-refractivity contribution in [2.24, 2.45) is 5.92 Å². The maximum absolute atomic E-state index is 12.9. The highest BCUT2D eigenvalue weighted by atomic mass is 32.2. The first-order chi connectivity index (χ1) is 15.8. The van der Waals surface area contributed by atoms with E-state index in [1.165, 1.54) is 6.20 Å². The van der Waals surface area contributed by atoms with Crippen LogP contribution in [0.15, 0.2) is 76.8 Å². The lowest BCUT2D eigenvalue weighted by molar-refractivity contribution is 0.0982. The van der Waals surface area contributed by atoms with E-state index in [0.717, 1.165) is 10.9 Å². The number of aromatic amines is 1. The van der Waals surface area contributed by atoms with Crippen molar-refractivity contribution >= 4 is 26.7 Å². The minimum atomic E-state index is -3.63. The average molecular weight is 464 g/mol. The van der Waals surface area contributed by atoms with Crippen LogP contribution in [0.3, 0.4) is 0 Å². The fourth-order valence-corrected chi connectivity index (χ4v) is 4.60. The first kappa shape index (κ1) is 22.7. The highest BCUT2D eigenvalue weighted by molar-refractivity contribution is 7.91. The number of aromatic nitrogens is 3. The van der Waals surface area contributed by atoms with E-state index in [1.54, 1.807) is 60.8 Å². The maximum atomic E-state index is 12.9. The molecule has 7 nitrogen and oxygen atoms in total. The molecule has 0 aliphatic heterocycles. The van der Waals surface area contributed by atoms with E-state index in [1.807, 2.05) is 0 Å². The highest BCUT2D eigenvalue weighted by Gasteiger charge is 2.18. The second kappa shape index (κ2) is 9.54. The number of hydrogen-bond donors (Lipinski definition) is 1. The smallest absolute Gasteiger partial charge is 0.206 e. The number of pyridine rings is 1. The number of sulfone groups is 1. The lowest BCUT2D eigenvalue weighted by Gasteiger charge is -2.10. The van der Waals surface area contributed by atoms with Gasteiger partial charge in [0.1, 0.15) is 5.75 Å². The minimum absolute atomic E-state index is 0.0259. The molecular formula is C25H25N3O4S. The Balaban J connectivity index is 1.40. The Hall–Kier alpha value is -3.52. The van der Waals surface area contributed by atoms with Crippen molar-refractivity contribution in [1.82, 2.24) is 15.2 Å². The number of benzene rings is 2. The molecule has 2 aromatic heterocycles. The van der Waals surface area contributed by atoms with Gasteiger partial charge in [-0.15, -0.1) is 0 Å². The molecule has 4 aromatic rings. The molecule has 0 atom stereocenters. The molecule has 0 aliphatic carbocycles. The van der Waals surface area contributed by atoms with Crippen LogP contribution in [-0.2, 0) is 16.3 Å². The van der Waals surface area contributed by atoms with Gasteiger partial charge in [-0.25, -0.2) is 13.4 Å². The first-order valence-electron chi connectivity index (χ1n) is 10.7. The van der Waals surface area contributed by atoms with E-state index in [-0.39, 0.29) is 15.6 Å². The third-order valence-electron chi connectivity index (χ3n) is 5.20. The Morgan fingerprint density at radius 3 is 2.33 bits per heavy atom. The topological polar surface area (TPSA) is 102 Å². The van der Waals surface area contributed by atoms with Gasteiger partial charge >= 0.3 is 0 Å². The van der Waals surface area contributed by atoms with Gasteiger partial charge in [0.25, 0.3) is 0 Å². The molecule has 0 spiro atoms. The summed E-state index contributed by atoms with van der Waals surface area (Å²) in [6, 6.07) is 14.9. The number of hydrogen-bond acceptors (Lipinski definition) is 6. The summed E-state index contributed by atoms with van der Waals surface area (Å²) in [5, 5.41) is 7.45. The SMILES string of the molecule is CC(C)COc1ccc(S(=O)(=O)c2ccc(CCC(=O)c3cnc4[nH]ncc4c3)cc2)cc1. The second-order valence-corrected chi connectivity index (χ2v) is 10.2. The monoisotopic (exact) mass is 463 g/mol. The van der Waals surface area contributed by atoms with E-state index in [9.17, 15) is 13.2 Å². The Morgan fingerprint density at radius 1 is 1.00 bits per heavy atom. The van der Waals surface area contributed by atoms with Crippen LogP contribution in [-0.4, -0.2) is 36.0 Å². The van der Waals surface area contributed by atoms with Crippen molar-refractivity contribution in [3.05, 3.63) is 78.1 Å². The lowest BCUT2D eigenvalue weighted by atomic mass is 10.0. The fourth-order valence-electron chi connectivity index (χ4n) is 3.34. The van der Waals surface area contributed by atoms with Gasteiger partial charge in [0.05, 0.1) is 22.6 Å². The summed E-state index contributed by atoms with van der Waals surface area (Å²) in [5.74, 6) is 1.01. The van der Waals surface area contributed by atoms with Crippen molar-refractivity contribution in [3.8, 4) is 5.75 Å². The molecular weight excluding hydrogens is 438 g/mol. The molecule has 0 saturated carbocycles. The Morgan fingerprint density at radius 2 is 1.67 bits per heavy atom. The zero-order valence-corrected chi connectivity index (χ0v) is 19.3. The summed E-state index contributed by atoms with van der Waals surface area (Å²) in [6.07, 6.45) is 3.97. The van der Waals surface area contributed by atoms with Crippen molar-refractivity contribution in [3.63, 3.8) is 0 Å². The van der Waals surface area contributed by atoms with Gasteiger partial charge < -0.3 is 4.74 Å². The Bertz CT molecular complexity index is 1360. The summed E-state index contributed by atoms with van der Waals surface area (Å²) in [7, 11) is -3.63. The number of rotatable bonds is 9. The molecule has 8 heteroatoms. The van der Waals surface area contributed by atoms with Gasteiger partial charge in [0.15, 0.2) is 11.4 Å². The van der Waals surface area contributed by atoms with Crippen LogP contribution in [0.5, 0.6) is 5.75 Å². The molecule has 2 aromatic carbocycles. The molecule has 0 saturated heterocycles. The normalized spacial score (nSPS) is 11.7. The summed E-state index contributed by atoms with van der Waals surface area (Å²) in [6.45, 7) is 4.68. The van der Waals surface area contributed by atoms with Gasteiger partial charge in [0.2, 0.25) is 9.84 Å². The van der Waals surface area contributed by atoms with Gasteiger partial charge in [-0.2, -0.15) is 5.10 Å². The Labute approximate surface area is 192 Å². The molecule has 0 fully saturated rings. The average Bonchev–Trinajstić information content (AvgIpc) is 3.30. The number of nitrogens with zero attached hydrogens (tertiary/aromatic N) is 2. The fraction of sp³-hybridized carbons (Fsp3) is 0.240. The quantitative estimate of drug-likeness (QED) is 0.363. The van der Waals surface area contributed by atoms with Crippen molar-refractivity contribution in [1.29, 1.82) is 0 Å². The van der Waals surface area contributed by atoms with E-state index in [2.05, 4.69) is 29.0 Å². The molecule has 0 amide bonds. The number of aryl methyl sites for hydroxylation is 1. The van der Waals surface area contributed by atoms with E-state index in [4.69, 9.17) is 4.74 Å². The largest absolute Gasteiger partial charge is 0.493 e. The van der Waals surface area contributed by atoms with Crippen LogP contribution in [0.4, 0.5) is 0 Å². The highest BCUT2D eigenvalue weighted by Crippen LogP contribution is 2.24. The van der Waals surface area contributed by atoms with E-state index < -0.39 is 9.84 Å². The van der Waals surface area contributed by atoms with Crippen molar-refractivity contribution < 1.29 is 17.9 Å². The van der Waals surface area contributed by atoms with Gasteiger partial charge in [-0.1, -0.05) is 26.0 Å². The number of nitrogens with one attached hydrogen (secondary N) is 1. The summed E-state index contributed by atoms with van der Waals surface area (Å²) in [4.78, 5) is 17.1. The summed E-state index contributed by atoms with van der Waals surface area (Å²) >= 11 is 0. The number of Topliss-reactive ketones (excluding diaryl/α,β-unsaturated/α-hetero) is 1. The second-order valence-electron chi connectivity index (χ2n) is 8.28. The van der Waals surface area contributed by atoms with Gasteiger partial charge in [-0.3, -0.25) is 9.89 Å². The third-order valence-corrected chi connectivity index (χ3v) is 6.99. The van der Waals surface area contributed by atoms with Crippen molar-refractivity contribution in [2.75, 3.05) is 6.61 Å². The number of ketones is 1. The molecule has 4 rings (SSSR count). The zero-order valence-electron chi connectivity index (χ0n) is 18.5. The molecule has 0 bridgehead atoms. The lowest BCUT2D eigenvalue weighted by Crippen LogP contribution is -2.05. The van der Waals surface area contributed by atoms with Crippen LogP contribution in [0, 0.1) is 5.92 Å². The molecule has 170 valence electrons. The van der Waals surface area contributed by atoms with Crippen LogP contribution in [0.2, 0.25) is 0 Å². The number of fused-ring (bicyclic) bond motifs is 1. The minimum Gasteiger partial charge on any atom is -0.493 e. The molecule has 1 N–H and O–H groups in total. The molecule has 0 aliphatic rings. The maximum Gasteiger partial charge on any atom is 0.206 e. The number of carbonyl (C=O) groups excluding carboxylic acids is 1. The van der Waals surface area contributed by atoms with E-state index in [0.29, 0.717) is 42.3 Å². The van der Waals surface area contributed by atoms with Crippen molar-refractivity contribution in [2.45, 2.75) is 36.5 Å². The standard InChI is InChI=1S/C25H25N3O4S/c1-17(2)16-32-21-6-10-23(11-7-21)33(30,31)22-8-3-18(4-9-22)5-12-24(29)19-13-20-15-27-28-25(20)26-14-19/h3-4,6-11,13-15,17H,5,12,16H2,1-2H3,(H,26,27,28). The van der Waals surface area contributed by atoms with E-state index >= 15 is 0 Å². The molecule has 2 heterocycles. The number of ether oxygens (including phenoxy) is 1. The van der Waals surface area contributed by atoms with Crippen LogP contribution >= 0.6 is 0 Å². The summed E-state index contributed by atoms with van der Waals surface area (Å²) in [5.41, 5.74) is 2.06.